The Morgan fingerprint density at radius 3 is 2.67 bits per heavy atom. The number of hydrogen-bond acceptors (Lipinski definition) is 3. The molecule has 2 heterocycles. The second kappa shape index (κ2) is 5.14. The van der Waals surface area contributed by atoms with Crippen LogP contribution >= 0.6 is 15.9 Å². The van der Waals surface area contributed by atoms with E-state index in [1.165, 1.54) is 25.9 Å². The summed E-state index contributed by atoms with van der Waals surface area (Å²) in [5.41, 5.74) is 5.79. The first-order chi connectivity index (χ1) is 7.29. The Labute approximate surface area is 98.7 Å². The molecule has 0 spiro atoms. The van der Waals surface area contributed by atoms with E-state index in [1.54, 1.807) is 0 Å². The first-order valence-electron chi connectivity index (χ1n) is 5.47. The summed E-state index contributed by atoms with van der Waals surface area (Å²) in [5.74, 6) is 1.32. The normalized spacial score (nSPS) is 19.6. The Kier molecular flexibility index (Phi) is 3.83. The van der Waals surface area contributed by atoms with Gasteiger partial charge in [-0.25, -0.2) is 0 Å². The highest BCUT2D eigenvalue weighted by Gasteiger charge is 2.20. The van der Waals surface area contributed by atoms with Crippen molar-refractivity contribution in [3.05, 3.63) is 22.6 Å². The van der Waals surface area contributed by atoms with Crippen molar-refractivity contribution < 1.29 is 4.42 Å². The van der Waals surface area contributed by atoms with Crippen LogP contribution in [0, 0.1) is 0 Å². The Morgan fingerprint density at radius 2 is 2.13 bits per heavy atom. The summed E-state index contributed by atoms with van der Waals surface area (Å²) in [6.45, 7) is 4.09. The molecule has 15 heavy (non-hydrogen) atoms. The molecule has 0 aromatic carbocycles. The minimum atomic E-state index is 0.328. The molecule has 0 bridgehead atoms. The van der Waals surface area contributed by atoms with E-state index in [0.29, 0.717) is 12.5 Å². The van der Waals surface area contributed by atoms with Crippen LogP contribution in [0.4, 0.5) is 0 Å². The summed E-state index contributed by atoms with van der Waals surface area (Å²) >= 11 is 3.32. The van der Waals surface area contributed by atoms with Crippen LogP contribution in [0.5, 0.6) is 0 Å². The van der Waals surface area contributed by atoms with E-state index < -0.39 is 0 Å². The lowest BCUT2D eigenvalue weighted by Gasteiger charge is -2.20. The van der Waals surface area contributed by atoms with Gasteiger partial charge in [-0.1, -0.05) is 0 Å². The second-order valence-corrected chi connectivity index (χ2v) is 4.86. The molecule has 4 heteroatoms. The molecule has 1 aromatic rings. The van der Waals surface area contributed by atoms with E-state index in [0.717, 1.165) is 17.0 Å². The standard InChI is InChI=1S/C11H17BrN2O/c12-11-4-3-10(15-11)9(7-13)8-14-5-1-2-6-14/h3-4,9H,1-2,5-8,13H2. The molecule has 0 saturated carbocycles. The number of hydrogen-bond donors (Lipinski definition) is 1. The summed E-state index contributed by atoms with van der Waals surface area (Å²) < 4.78 is 6.35. The van der Waals surface area contributed by atoms with Crippen LogP contribution in [-0.2, 0) is 0 Å². The summed E-state index contributed by atoms with van der Waals surface area (Å²) in [6.07, 6.45) is 2.64. The zero-order valence-corrected chi connectivity index (χ0v) is 10.4. The first-order valence-corrected chi connectivity index (χ1v) is 6.26. The van der Waals surface area contributed by atoms with Gasteiger partial charge in [0.15, 0.2) is 4.67 Å². The summed E-state index contributed by atoms with van der Waals surface area (Å²) in [6, 6.07) is 3.94. The quantitative estimate of drug-likeness (QED) is 0.914. The molecule has 2 N–H and O–H groups in total. The second-order valence-electron chi connectivity index (χ2n) is 4.08. The molecule has 0 aliphatic carbocycles. The van der Waals surface area contributed by atoms with Gasteiger partial charge in [-0.2, -0.15) is 0 Å². The fourth-order valence-corrected chi connectivity index (χ4v) is 2.42. The smallest absolute Gasteiger partial charge is 0.169 e. The molecule has 3 nitrogen and oxygen atoms in total. The third-order valence-electron chi connectivity index (χ3n) is 2.96. The molecular weight excluding hydrogens is 256 g/mol. The number of halogens is 1. The lowest BCUT2D eigenvalue weighted by molar-refractivity contribution is 0.295. The molecule has 84 valence electrons. The Morgan fingerprint density at radius 1 is 1.40 bits per heavy atom. The van der Waals surface area contributed by atoms with E-state index in [9.17, 15) is 0 Å². The van der Waals surface area contributed by atoms with Gasteiger partial charge in [0.2, 0.25) is 0 Å². The van der Waals surface area contributed by atoms with Gasteiger partial charge in [-0.15, -0.1) is 0 Å². The predicted molar refractivity (Wildman–Crippen MR) is 63.9 cm³/mol. The van der Waals surface area contributed by atoms with Gasteiger partial charge in [0.1, 0.15) is 5.76 Å². The Balaban J connectivity index is 1.97. The van der Waals surface area contributed by atoms with Gasteiger partial charge in [0.25, 0.3) is 0 Å². The van der Waals surface area contributed by atoms with E-state index in [2.05, 4.69) is 20.8 Å². The highest BCUT2D eigenvalue weighted by Crippen LogP contribution is 2.23. The number of likely N-dealkylation sites (tertiary alicyclic amines) is 1. The minimum Gasteiger partial charge on any atom is -0.454 e. The molecular formula is C11H17BrN2O. The Hall–Kier alpha value is -0.320. The minimum absolute atomic E-state index is 0.328. The third kappa shape index (κ3) is 2.83. The van der Waals surface area contributed by atoms with Gasteiger partial charge >= 0.3 is 0 Å². The van der Waals surface area contributed by atoms with Gasteiger partial charge in [0.05, 0.1) is 0 Å². The molecule has 0 amide bonds. The number of furan rings is 1. The van der Waals surface area contributed by atoms with Crippen molar-refractivity contribution >= 4 is 15.9 Å². The predicted octanol–water partition coefficient (Wildman–Crippen LogP) is 2.18. The zero-order valence-electron chi connectivity index (χ0n) is 8.79. The van der Waals surface area contributed by atoms with Crippen LogP contribution in [0.3, 0.4) is 0 Å². The van der Waals surface area contributed by atoms with Crippen molar-refractivity contribution in [3.63, 3.8) is 0 Å². The summed E-state index contributed by atoms with van der Waals surface area (Å²) in [5, 5.41) is 0. The van der Waals surface area contributed by atoms with Gasteiger partial charge in [0, 0.05) is 19.0 Å². The van der Waals surface area contributed by atoms with Crippen molar-refractivity contribution in [3.8, 4) is 0 Å². The van der Waals surface area contributed by atoms with Gasteiger partial charge in [-0.3, -0.25) is 0 Å². The maximum atomic E-state index is 5.79. The average Bonchev–Trinajstić information content (AvgIpc) is 2.85. The fourth-order valence-electron chi connectivity index (χ4n) is 2.11. The van der Waals surface area contributed by atoms with Crippen molar-refractivity contribution in [1.82, 2.24) is 4.90 Å². The molecule has 1 fully saturated rings. The van der Waals surface area contributed by atoms with E-state index in [1.807, 2.05) is 12.1 Å². The fraction of sp³-hybridized carbons (Fsp3) is 0.636. The van der Waals surface area contributed by atoms with Crippen molar-refractivity contribution in [2.75, 3.05) is 26.2 Å². The largest absolute Gasteiger partial charge is 0.454 e. The van der Waals surface area contributed by atoms with Crippen LogP contribution in [0.2, 0.25) is 0 Å². The lowest BCUT2D eigenvalue weighted by atomic mass is 10.1. The molecule has 0 radical (unpaired) electrons. The first kappa shape index (κ1) is 11.2. The molecule has 1 aliphatic rings. The number of nitrogens with two attached hydrogens (primary N) is 1. The monoisotopic (exact) mass is 272 g/mol. The van der Waals surface area contributed by atoms with Crippen molar-refractivity contribution in [2.45, 2.75) is 18.8 Å². The van der Waals surface area contributed by atoms with Crippen molar-refractivity contribution in [2.24, 2.45) is 5.73 Å². The highest BCUT2D eigenvalue weighted by atomic mass is 79.9. The SMILES string of the molecule is NCC(CN1CCCC1)c1ccc(Br)o1. The molecule has 1 atom stereocenters. The van der Waals surface area contributed by atoms with Crippen LogP contribution in [-0.4, -0.2) is 31.1 Å². The zero-order chi connectivity index (χ0) is 10.7. The average molecular weight is 273 g/mol. The van der Waals surface area contributed by atoms with E-state index >= 15 is 0 Å². The number of nitrogens with zero attached hydrogens (tertiary/aromatic N) is 1. The maximum absolute atomic E-state index is 5.79. The van der Waals surface area contributed by atoms with Crippen LogP contribution in [0.15, 0.2) is 21.2 Å². The van der Waals surface area contributed by atoms with Crippen LogP contribution < -0.4 is 5.73 Å². The molecule has 1 aliphatic heterocycles. The maximum Gasteiger partial charge on any atom is 0.169 e. The number of rotatable bonds is 4. The molecule has 2 rings (SSSR count). The molecule has 1 saturated heterocycles. The van der Waals surface area contributed by atoms with Crippen LogP contribution in [0.1, 0.15) is 24.5 Å². The van der Waals surface area contributed by atoms with E-state index in [-0.39, 0.29) is 0 Å². The summed E-state index contributed by atoms with van der Waals surface area (Å²) in [4.78, 5) is 2.47. The summed E-state index contributed by atoms with van der Waals surface area (Å²) in [7, 11) is 0. The van der Waals surface area contributed by atoms with Gasteiger partial charge in [-0.05, 0) is 54.0 Å². The third-order valence-corrected chi connectivity index (χ3v) is 3.38. The lowest BCUT2D eigenvalue weighted by Crippen LogP contribution is -2.29. The Bertz CT molecular complexity index is 307. The van der Waals surface area contributed by atoms with Crippen molar-refractivity contribution in [1.29, 1.82) is 0 Å². The van der Waals surface area contributed by atoms with Gasteiger partial charge < -0.3 is 15.1 Å². The van der Waals surface area contributed by atoms with Crippen LogP contribution in [0.25, 0.3) is 0 Å². The highest BCUT2D eigenvalue weighted by molar-refractivity contribution is 9.10. The molecule has 1 unspecified atom stereocenters. The molecule has 1 aromatic heterocycles. The van der Waals surface area contributed by atoms with E-state index in [4.69, 9.17) is 10.2 Å². The topological polar surface area (TPSA) is 42.4 Å².